The molecule has 0 N–H and O–H groups in total. The molecule has 0 saturated heterocycles. The van der Waals surface area contributed by atoms with E-state index in [9.17, 15) is 0 Å². The monoisotopic (exact) mass is 261 g/mol. The van der Waals surface area contributed by atoms with Gasteiger partial charge in [0.15, 0.2) is 0 Å². The summed E-state index contributed by atoms with van der Waals surface area (Å²) < 4.78 is 6.99. The van der Waals surface area contributed by atoms with E-state index >= 15 is 0 Å². The van der Waals surface area contributed by atoms with Gasteiger partial charge >= 0.3 is 0 Å². The third-order valence-corrected chi connectivity index (χ3v) is 2.58. The molecule has 0 fully saturated rings. The van der Waals surface area contributed by atoms with E-state index in [0.29, 0.717) is 6.61 Å². The van der Waals surface area contributed by atoms with Crippen molar-refractivity contribution < 1.29 is 4.74 Å². The minimum atomic E-state index is -0.0500. The van der Waals surface area contributed by atoms with Crippen LogP contribution in [-0.4, -0.2) is 28.7 Å². The van der Waals surface area contributed by atoms with Crippen molar-refractivity contribution in [1.29, 1.82) is 0 Å². The fourth-order valence-electron chi connectivity index (χ4n) is 1.21. The first-order valence-corrected chi connectivity index (χ1v) is 5.42. The van der Waals surface area contributed by atoms with Gasteiger partial charge in [0.2, 0.25) is 0 Å². The molecule has 1 rings (SSSR count). The molecule has 0 saturated carbocycles. The fraction of sp³-hybridized carbons (Fsp3) is 0.778. The molecule has 0 amide bonds. The van der Waals surface area contributed by atoms with Crippen LogP contribution in [0.3, 0.4) is 0 Å². The molecule has 1 atom stereocenters. The van der Waals surface area contributed by atoms with E-state index in [4.69, 9.17) is 4.74 Å². The summed E-state index contributed by atoms with van der Waals surface area (Å²) in [4.78, 5) is 0.140. The first-order chi connectivity index (χ1) is 6.46. The quantitative estimate of drug-likeness (QED) is 0.783. The average molecular weight is 262 g/mol. The van der Waals surface area contributed by atoms with Crippen LogP contribution in [0.4, 0.5) is 0 Å². The Morgan fingerprint density at radius 3 is 2.71 bits per heavy atom. The topological polar surface area (TPSA) is 39.9 Å². The van der Waals surface area contributed by atoms with Crippen LogP contribution in [0.5, 0.6) is 0 Å². The largest absolute Gasteiger partial charge is 0.383 e. The van der Waals surface area contributed by atoms with Gasteiger partial charge in [0.25, 0.3) is 0 Å². The van der Waals surface area contributed by atoms with E-state index in [2.05, 4.69) is 47.0 Å². The van der Waals surface area contributed by atoms with Crippen LogP contribution in [0.1, 0.15) is 31.3 Å². The Bertz CT molecular complexity index is 292. The van der Waals surface area contributed by atoms with E-state index in [1.165, 1.54) is 0 Å². The summed E-state index contributed by atoms with van der Waals surface area (Å²) in [6, 6.07) is 0. The highest BCUT2D eigenvalue weighted by atomic mass is 79.9. The van der Waals surface area contributed by atoms with Gasteiger partial charge in [-0.2, -0.15) is 0 Å². The van der Waals surface area contributed by atoms with Gasteiger partial charge in [-0.15, -0.1) is 5.10 Å². The molecule has 5 heteroatoms. The van der Waals surface area contributed by atoms with Crippen LogP contribution in [0.15, 0.2) is 6.20 Å². The van der Waals surface area contributed by atoms with Crippen molar-refractivity contribution in [2.45, 2.75) is 31.1 Å². The van der Waals surface area contributed by atoms with Crippen LogP contribution in [0.2, 0.25) is 0 Å². The second kappa shape index (κ2) is 4.40. The molecular weight excluding hydrogens is 246 g/mol. The van der Waals surface area contributed by atoms with E-state index < -0.39 is 0 Å². The molecule has 1 unspecified atom stereocenters. The van der Waals surface area contributed by atoms with Crippen LogP contribution >= 0.6 is 15.9 Å². The van der Waals surface area contributed by atoms with Gasteiger partial charge in [0.1, 0.15) is 0 Å². The Morgan fingerprint density at radius 2 is 2.21 bits per heavy atom. The highest BCUT2D eigenvalue weighted by Gasteiger charge is 2.22. The maximum absolute atomic E-state index is 5.08. The average Bonchev–Trinajstić information content (AvgIpc) is 2.50. The van der Waals surface area contributed by atoms with Crippen LogP contribution in [-0.2, 0) is 10.3 Å². The van der Waals surface area contributed by atoms with Gasteiger partial charge in [-0.3, -0.25) is 0 Å². The Hall–Kier alpha value is -0.420. The Labute approximate surface area is 92.8 Å². The fourth-order valence-corrected chi connectivity index (χ4v) is 1.79. The third kappa shape index (κ3) is 2.54. The molecule has 0 radical (unpaired) electrons. The summed E-state index contributed by atoms with van der Waals surface area (Å²) >= 11 is 3.54. The van der Waals surface area contributed by atoms with Gasteiger partial charge in [-0.05, 0) is 20.8 Å². The predicted molar refractivity (Wildman–Crippen MR) is 58.6 cm³/mol. The zero-order valence-corrected chi connectivity index (χ0v) is 10.6. The molecule has 80 valence electrons. The molecule has 0 aromatic carbocycles. The number of nitrogens with zero attached hydrogens (tertiary/aromatic N) is 3. The number of alkyl halides is 1. The molecule has 0 aliphatic carbocycles. The summed E-state index contributed by atoms with van der Waals surface area (Å²) in [5.41, 5.74) is 0.991. The maximum Gasteiger partial charge on any atom is 0.0814 e. The van der Waals surface area contributed by atoms with Gasteiger partial charge in [0, 0.05) is 7.11 Å². The number of hydrogen-bond donors (Lipinski definition) is 0. The van der Waals surface area contributed by atoms with Crippen molar-refractivity contribution in [2.24, 2.45) is 0 Å². The lowest BCUT2D eigenvalue weighted by Crippen LogP contribution is -2.26. The molecule has 0 spiro atoms. The van der Waals surface area contributed by atoms with Gasteiger partial charge in [-0.25, -0.2) is 4.68 Å². The van der Waals surface area contributed by atoms with Crippen molar-refractivity contribution in [2.75, 3.05) is 13.7 Å². The van der Waals surface area contributed by atoms with Gasteiger partial charge < -0.3 is 4.74 Å². The number of halogens is 1. The highest BCUT2D eigenvalue weighted by Crippen LogP contribution is 2.25. The van der Waals surface area contributed by atoms with Crippen LogP contribution in [0, 0.1) is 0 Å². The van der Waals surface area contributed by atoms with E-state index in [1.807, 2.05) is 4.68 Å². The van der Waals surface area contributed by atoms with E-state index in [-0.39, 0.29) is 10.4 Å². The molecule has 0 bridgehead atoms. The second-order valence-electron chi connectivity index (χ2n) is 4.16. The minimum absolute atomic E-state index is 0.0500. The van der Waals surface area contributed by atoms with Gasteiger partial charge in [-0.1, -0.05) is 21.1 Å². The Kier molecular flexibility index (Phi) is 3.66. The van der Waals surface area contributed by atoms with Crippen LogP contribution < -0.4 is 0 Å². The third-order valence-electron chi connectivity index (χ3n) is 1.84. The van der Waals surface area contributed by atoms with E-state index in [0.717, 1.165) is 5.69 Å². The normalized spacial score (nSPS) is 14.4. The summed E-state index contributed by atoms with van der Waals surface area (Å²) in [5.74, 6) is 0. The summed E-state index contributed by atoms with van der Waals surface area (Å²) in [6.45, 7) is 6.90. The zero-order valence-electron chi connectivity index (χ0n) is 8.99. The number of hydrogen-bond acceptors (Lipinski definition) is 3. The van der Waals surface area contributed by atoms with Crippen molar-refractivity contribution >= 4 is 15.9 Å². The lowest BCUT2D eigenvalue weighted by atomic mass is 10.1. The van der Waals surface area contributed by atoms with Crippen molar-refractivity contribution in [3.05, 3.63) is 11.9 Å². The number of aromatic nitrogens is 3. The predicted octanol–water partition coefficient (Wildman–Crippen LogP) is 2.12. The standard InChI is InChI=1S/C9H16BrN3O/c1-9(2,3)13-8(5-11-12-13)7(10)6-14-4/h5,7H,6H2,1-4H3. The second-order valence-corrected chi connectivity index (χ2v) is 5.27. The molecular formula is C9H16BrN3O. The minimum Gasteiger partial charge on any atom is -0.383 e. The lowest BCUT2D eigenvalue weighted by Gasteiger charge is -2.22. The molecule has 1 aromatic heterocycles. The molecule has 1 aromatic rings. The van der Waals surface area contributed by atoms with Crippen molar-refractivity contribution in [3.63, 3.8) is 0 Å². The number of rotatable bonds is 3. The summed E-state index contributed by atoms with van der Waals surface area (Å²) in [6.07, 6.45) is 1.77. The SMILES string of the molecule is COCC(Br)c1cnnn1C(C)(C)C. The maximum atomic E-state index is 5.08. The first-order valence-electron chi connectivity index (χ1n) is 4.51. The number of ether oxygens (including phenoxy) is 1. The molecule has 0 aliphatic rings. The Balaban J connectivity index is 2.93. The van der Waals surface area contributed by atoms with Gasteiger partial charge in [0.05, 0.1) is 28.9 Å². The van der Waals surface area contributed by atoms with Crippen LogP contribution in [0.25, 0.3) is 0 Å². The molecule has 14 heavy (non-hydrogen) atoms. The lowest BCUT2D eigenvalue weighted by molar-refractivity contribution is 0.196. The molecule has 0 aliphatic heterocycles. The molecule has 1 heterocycles. The highest BCUT2D eigenvalue weighted by molar-refractivity contribution is 9.09. The smallest absolute Gasteiger partial charge is 0.0814 e. The number of methoxy groups -OCH3 is 1. The molecule has 4 nitrogen and oxygen atoms in total. The first kappa shape index (κ1) is 11.7. The summed E-state index contributed by atoms with van der Waals surface area (Å²) in [5, 5.41) is 7.99. The zero-order chi connectivity index (χ0) is 10.8. The van der Waals surface area contributed by atoms with Crippen molar-refractivity contribution in [3.8, 4) is 0 Å². The van der Waals surface area contributed by atoms with Crippen molar-refractivity contribution in [1.82, 2.24) is 15.0 Å². The Morgan fingerprint density at radius 1 is 1.57 bits per heavy atom. The summed E-state index contributed by atoms with van der Waals surface area (Å²) in [7, 11) is 1.68. The van der Waals surface area contributed by atoms with E-state index in [1.54, 1.807) is 13.3 Å².